The normalized spacial score (nSPS) is 13.0. The van der Waals surface area contributed by atoms with Gasteiger partial charge in [0, 0.05) is 17.8 Å². The molecular weight excluding hydrogens is 264 g/mol. The highest BCUT2D eigenvalue weighted by atomic mass is 16.3. The van der Waals surface area contributed by atoms with Crippen molar-refractivity contribution in [3.63, 3.8) is 0 Å². The molecule has 0 saturated heterocycles. The first-order chi connectivity index (χ1) is 10.2. The topological polar surface area (TPSA) is 66.7 Å². The third-order valence-corrected chi connectivity index (χ3v) is 3.87. The highest BCUT2D eigenvalue weighted by molar-refractivity contribution is 5.80. The standard InChI is InChI=1S/C16H14N4O/c1-20-15-5-3-11(7-13(15)9-18-20)16(21)10-2-4-14-12(6-10)8-17-19-14/h2-9,16,21H,1H3,(H,17,19). The molecule has 5 nitrogen and oxygen atoms in total. The molecule has 1 unspecified atom stereocenters. The highest BCUT2D eigenvalue weighted by Gasteiger charge is 2.12. The summed E-state index contributed by atoms with van der Waals surface area (Å²) in [4.78, 5) is 0. The zero-order valence-electron chi connectivity index (χ0n) is 11.5. The van der Waals surface area contributed by atoms with Crippen LogP contribution in [0.4, 0.5) is 0 Å². The van der Waals surface area contributed by atoms with Gasteiger partial charge in [-0.2, -0.15) is 10.2 Å². The molecule has 0 fully saturated rings. The third kappa shape index (κ3) is 1.90. The molecule has 5 heteroatoms. The van der Waals surface area contributed by atoms with Crippen LogP contribution in [-0.4, -0.2) is 25.1 Å². The Morgan fingerprint density at radius 3 is 2.67 bits per heavy atom. The van der Waals surface area contributed by atoms with Gasteiger partial charge in [0.05, 0.1) is 23.4 Å². The van der Waals surface area contributed by atoms with Crippen LogP contribution in [0.1, 0.15) is 17.2 Å². The van der Waals surface area contributed by atoms with Crippen LogP contribution in [0.2, 0.25) is 0 Å². The van der Waals surface area contributed by atoms with Crippen LogP contribution < -0.4 is 0 Å². The molecule has 0 saturated carbocycles. The number of hydrogen-bond acceptors (Lipinski definition) is 3. The minimum atomic E-state index is -0.658. The molecule has 0 amide bonds. The Balaban J connectivity index is 1.78. The lowest BCUT2D eigenvalue weighted by Gasteiger charge is -2.12. The summed E-state index contributed by atoms with van der Waals surface area (Å²) in [6.45, 7) is 0. The van der Waals surface area contributed by atoms with Gasteiger partial charge in [0.1, 0.15) is 6.10 Å². The van der Waals surface area contributed by atoms with Crippen LogP contribution in [0.15, 0.2) is 48.8 Å². The number of rotatable bonds is 2. The molecule has 104 valence electrons. The Kier molecular flexibility index (Phi) is 2.55. The maximum absolute atomic E-state index is 10.6. The maximum Gasteiger partial charge on any atom is 0.104 e. The second-order valence-electron chi connectivity index (χ2n) is 5.21. The number of aliphatic hydroxyl groups excluding tert-OH is 1. The number of aryl methyl sites for hydroxylation is 1. The number of benzene rings is 2. The summed E-state index contributed by atoms with van der Waals surface area (Å²) in [5.74, 6) is 0. The fraction of sp³-hybridized carbons (Fsp3) is 0.125. The fourth-order valence-electron chi connectivity index (χ4n) is 2.68. The minimum absolute atomic E-state index is 0.658. The van der Waals surface area contributed by atoms with E-state index in [0.29, 0.717) is 0 Å². The molecule has 0 aliphatic heterocycles. The molecule has 2 heterocycles. The monoisotopic (exact) mass is 278 g/mol. The van der Waals surface area contributed by atoms with Crippen molar-refractivity contribution >= 4 is 21.8 Å². The number of aromatic nitrogens is 4. The Morgan fingerprint density at radius 1 is 1.05 bits per heavy atom. The van der Waals surface area contributed by atoms with Crippen molar-refractivity contribution in [2.24, 2.45) is 7.05 Å². The van der Waals surface area contributed by atoms with Crippen LogP contribution in [0.25, 0.3) is 21.8 Å². The summed E-state index contributed by atoms with van der Waals surface area (Å²) in [6, 6.07) is 11.7. The molecule has 1 atom stereocenters. The predicted molar refractivity (Wildman–Crippen MR) is 80.9 cm³/mol. The van der Waals surface area contributed by atoms with Gasteiger partial charge in [-0.05, 0) is 35.4 Å². The largest absolute Gasteiger partial charge is 0.384 e. The smallest absolute Gasteiger partial charge is 0.104 e. The minimum Gasteiger partial charge on any atom is -0.384 e. The number of nitrogens with zero attached hydrogens (tertiary/aromatic N) is 3. The van der Waals surface area contributed by atoms with E-state index in [4.69, 9.17) is 0 Å². The molecule has 4 aromatic rings. The predicted octanol–water partition coefficient (Wildman–Crippen LogP) is 2.53. The van der Waals surface area contributed by atoms with Crippen LogP contribution in [0, 0.1) is 0 Å². The average molecular weight is 278 g/mol. The van der Waals surface area contributed by atoms with Gasteiger partial charge in [-0.15, -0.1) is 0 Å². The Morgan fingerprint density at radius 2 is 1.81 bits per heavy atom. The zero-order chi connectivity index (χ0) is 14.4. The number of aliphatic hydroxyl groups is 1. The molecular formula is C16H14N4O. The van der Waals surface area contributed by atoms with Gasteiger partial charge >= 0.3 is 0 Å². The van der Waals surface area contributed by atoms with Crippen LogP contribution in [-0.2, 0) is 7.05 Å². The third-order valence-electron chi connectivity index (χ3n) is 3.87. The first kappa shape index (κ1) is 12.1. The Labute approximate surface area is 120 Å². The van der Waals surface area contributed by atoms with E-state index in [1.807, 2.05) is 54.3 Å². The molecule has 0 aliphatic rings. The molecule has 2 N–H and O–H groups in total. The lowest BCUT2D eigenvalue weighted by Crippen LogP contribution is -1.99. The second-order valence-corrected chi connectivity index (χ2v) is 5.21. The van der Waals surface area contributed by atoms with Gasteiger partial charge in [0.2, 0.25) is 0 Å². The van der Waals surface area contributed by atoms with Gasteiger partial charge in [0.15, 0.2) is 0 Å². The molecule has 0 bridgehead atoms. The van der Waals surface area contributed by atoms with Crippen LogP contribution in [0.5, 0.6) is 0 Å². The number of hydrogen-bond donors (Lipinski definition) is 2. The van der Waals surface area contributed by atoms with Crippen molar-refractivity contribution in [1.82, 2.24) is 20.0 Å². The maximum atomic E-state index is 10.6. The summed E-state index contributed by atoms with van der Waals surface area (Å²) in [7, 11) is 1.91. The van der Waals surface area contributed by atoms with E-state index in [9.17, 15) is 5.11 Å². The number of H-pyrrole nitrogens is 1. The molecule has 2 aromatic carbocycles. The van der Waals surface area contributed by atoms with Gasteiger partial charge in [-0.25, -0.2) is 0 Å². The highest BCUT2D eigenvalue weighted by Crippen LogP contribution is 2.27. The lowest BCUT2D eigenvalue weighted by molar-refractivity contribution is 0.220. The van der Waals surface area contributed by atoms with Gasteiger partial charge in [-0.1, -0.05) is 12.1 Å². The summed E-state index contributed by atoms with van der Waals surface area (Å²) >= 11 is 0. The van der Waals surface area contributed by atoms with Crippen molar-refractivity contribution in [1.29, 1.82) is 0 Å². The summed E-state index contributed by atoms with van der Waals surface area (Å²) < 4.78 is 1.82. The van der Waals surface area contributed by atoms with Gasteiger partial charge < -0.3 is 5.11 Å². The zero-order valence-corrected chi connectivity index (χ0v) is 11.5. The van der Waals surface area contributed by atoms with E-state index in [0.717, 1.165) is 32.9 Å². The second kappa shape index (κ2) is 4.43. The van der Waals surface area contributed by atoms with Crippen LogP contribution >= 0.6 is 0 Å². The number of aromatic amines is 1. The summed E-state index contributed by atoms with van der Waals surface area (Å²) in [5, 5.41) is 23.8. The fourth-order valence-corrected chi connectivity index (χ4v) is 2.68. The summed E-state index contributed by atoms with van der Waals surface area (Å²) in [6.07, 6.45) is 2.91. The van der Waals surface area contributed by atoms with E-state index in [-0.39, 0.29) is 0 Å². The molecule has 21 heavy (non-hydrogen) atoms. The molecule has 2 aromatic heterocycles. The van der Waals surface area contributed by atoms with E-state index in [2.05, 4.69) is 15.3 Å². The SMILES string of the molecule is Cn1ncc2cc(C(O)c3ccc4[nH]ncc4c3)ccc21. The first-order valence-corrected chi connectivity index (χ1v) is 6.75. The van der Waals surface area contributed by atoms with Crippen molar-refractivity contribution < 1.29 is 5.11 Å². The van der Waals surface area contributed by atoms with E-state index in [1.54, 1.807) is 6.20 Å². The van der Waals surface area contributed by atoms with Gasteiger partial charge in [0.25, 0.3) is 0 Å². The van der Waals surface area contributed by atoms with Crippen molar-refractivity contribution in [2.45, 2.75) is 6.10 Å². The number of nitrogens with one attached hydrogen (secondary N) is 1. The lowest BCUT2D eigenvalue weighted by atomic mass is 9.99. The van der Waals surface area contributed by atoms with Crippen LogP contribution in [0.3, 0.4) is 0 Å². The van der Waals surface area contributed by atoms with E-state index in [1.165, 1.54) is 0 Å². The van der Waals surface area contributed by atoms with Crippen molar-refractivity contribution in [3.8, 4) is 0 Å². The van der Waals surface area contributed by atoms with E-state index < -0.39 is 6.10 Å². The van der Waals surface area contributed by atoms with Crippen molar-refractivity contribution in [2.75, 3.05) is 0 Å². The molecule has 4 rings (SSSR count). The Bertz CT molecular complexity index is 938. The average Bonchev–Trinajstić information content (AvgIpc) is 3.12. The summed E-state index contributed by atoms with van der Waals surface area (Å²) in [5.41, 5.74) is 3.73. The quantitative estimate of drug-likeness (QED) is 0.592. The molecule has 0 spiro atoms. The van der Waals surface area contributed by atoms with Gasteiger partial charge in [-0.3, -0.25) is 9.78 Å². The van der Waals surface area contributed by atoms with E-state index >= 15 is 0 Å². The molecule has 0 aliphatic carbocycles. The van der Waals surface area contributed by atoms with Crippen molar-refractivity contribution in [3.05, 3.63) is 59.9 Å². The Hall–Kier alpha value is -2.66. The first-order valence-electron chi connectivity index (χ1n) is 6.75. The molecule has 0 radical (unpaired) electrons. The number of fused-ring (bicyclic) bond motifs is 2.